The second kappa shape index (κ2) is 11.9. The Labute approximate surface area is 239 Å². The van der Waals surface area contributed by atoms with Crippen LogP contribution in [0.1, 0.15) is 16.8 Å². The Hall–Kier alpha value is -4.27. The van der Waals surface area contributed by atoms with Crippen LogP contribution in [0.5, 0.6) is 0 Å². The molecule has 14 heteroatoms. The van der Waals surface area contributed by atoms with Crippen molar-refractivity contribution in [1.29, 1.82) is 0 Å². The number of alkyl halides is 3. The Morgan fingerprint density at radius 2 is 1.79 bits per heavy atom. The first-order chi connectivity index (χ1) is 20.0. The molecule has 0 radical (unpaired) electrons. The maximum atomic E-state index is 14.1. The standard InChI is InChI=1S/C28H30F4N8O2/c1-38-9-11-39(12-10-38)14-23-20(15-42-2)24(25-26(33)34-16-35-40(23)25)17-3-6-19(7-4-17)36-27(41)37-22-13-18(28(30,31)32)5-8-21(22)29/h3-8,13,16H,9-12,14-15H2,1-2H3,(H2,33,34,35)(H2,36,37,41). The molecule has 3 heterocycles. The highest BCUT2D eigenvalue weighted by Gasteiger charge is 2.31. The lowest BCUT2D eigenvalue weighted by Crippen LogP contribution is -2.44. The smallest absolute Gasteiger partial charge is 0.382 e. The van der Waals surface area contributed by atoms with Crippen LogP contribution in [-0.4, -0.2) is 70.8 Å². The van der Waals surface area contributed by atoms with Gasteiger partial charge in [-0.2, -0.15) is 18.3 Å². The van der Waals surface area contributed by atoms with Gasteiger partial charge in [0.2, 0.25) is 0 Å². The summed E-state index contributed by atoms with van der Waals surface area (Å²) in [6, 6.07) is 7.68. The van der Waals surface area contributed by atoms with Crippen molar-refractivity contribution >= 4 is 28.7 Å². The van der Waals surface area contributed by atoms with Crippen molar-refractivity contribution < 1.29 is 27.1 Å². The lowest BCUT2D eigenvalue weighted by atomic mass is 10.0. The van der Waals surface area contributed by atoms with E-state index in [2.05, 4.69) is 37.6 Å². The predicted molar refractivity (Wildman–Crippen MR) is 150 cm³/mol. The summed E-state index contributed by atoms with van der Waals surface area (Å²) in [6.45, 7) is 4.64. The van der Waals surface area contributed by atoms with Gasteiger partial charge in [-0.3, -0.25) is 4.90 Å². The van der Waals surface area contributed by atoms with Gasteiger partial charge in [-0.05, 0) is 42.9 Å². The minimum absolute atomic E-state index is 0.298. The van der Waals surface area contributed by atoms with Crippen LogP contribution >= 0.6 is 0 Å². The first-order valence-corrected chi connectivity index (χ1v) is 13.1. The molecule has 10 nitrogen and oxygen atoms in total. The van der Waals surface area contributed by atoms with Gasteiger partial charge in [0.1, 0.15) is 17.7 Å². The molecule has 4 N–H and O–H groups in total. The third-order valence-corrected chi connectivity index (χ3v) is 7.19. The van der Waals surface area contributed by atoms with Crippen LogP contribution in [-0.2, 0) is 24.1 Å². The number of nitrogens with zero attached hydrogens (tertiary/aromatic N) is 5. The number of carbonyl (C=O) groups is 1. The summed E-state index contributed by atoms with van der Waals surface area (Å²) in [5.74, 6) is -0.696. The molecular weight excluding hydrogens is 556 g/mol. The van der Waals surface area contributed by atoms with Crippen molar-refractivity contribution in [3.63, 3.8) is 0 Å². The number of aromatic nitrogens is 3. The van der Waals surface area contributed by atoms with Crippen LogP contribution < -0.4 is 16.4 Å². The number of benzene rings is 2. The fourth-order valence-corrected chi connectivity index (χ4v) is 5.01. The van der Waals surface area contributed by atoms with Gasteiger partial charge in [0.25, 0.3) is 0 Å². The SMILES string of the molecule is COCc1c(-c2ccc(NC(=O)Nc3cc(C(F)(F)F)ccc3F)cc2)c2c(N)ncnn2c1CN1CCN(C)CC1. The zero-order valence-electron chi connectivity index (χ0n) is 23.0. The number of amides is 2. The average Bonchev–Trinajstić information content (AvgIpc) is 3.25. The van der Waals surface area contributed by atoms with Crippen molar-refractivity contribution in [3.05, 3.63) is 71.4 Å². The largest absolute Gasteiger partial charge is 0.416 e. The highest BCUT2D eigenvalue weighted by Crippen LogP contribution is 2.37. The molecule has 5 rings (SSSR count). The number of carbonyl (C=O) groups excluding carboxylic acids is 1. The van der Waals surface area contributed by atoms with E-state index >= 15 is 0 Å². The van der Waals surface area contributed by atoms with E-state index in [0.29, 0.717) is 48.4 Å². The highest BCUT2D eigenvalue weighted by molar-refractivity contribution is 6.00. The molecule has 0 spiro atoms. The Balaban J connectivity index is 1.42. The quantitative estimate of drug-likeness (QED) is 0.270. The number of nitrogens with one attached hydrogen (secondary N) is 2. The number of piperazine rings is 1. The molecule has 1 saturated heterocycles. The van der Waals surface area contributed by atoms with Crippen molar-refractivity contribution in [2.45, 2.75) is 19.3 Å². The predicted octanol–water partition coefficient (Wildman–Crippen LogP) is 4.67. The molecule has 1 aliphatic heterocycles. The Morgan fingerprint density at radius 3 is 2.45 bits per heavy atom. The van der Waals surface area contributed by atoms with Gasteiger partial charge in [0.05, 0.1) is 23.6 Å². The van der Waals surface area contributed by atoms with Gasteiger partial charge in [-0.1, -0.05) is 12.1 Å². The van der Waals surface area contributed by atoms with Crippen molar-refractivity contribution in [2.75, 3.05) is 56.7 Å². The Kier molecular flexibility index (Phi) is 8.29. The van der Waals surface area contributed by atoms with Crippen LogP contribution in [0.4, 0.5) is 39.5 Å². The number of ether oxygens (including phenoxy) is 1. The van der Waals surface area contributed by atoms with Crippen LogP contribution in [0.25, 0.3) is 16.6 Å². The Bertz CT molecular complexity index is 1580. The second-order valence-electron chi connectivity index (χ2n) is 10.1. The molecule has 1 aliphatic rings. The number of methoxy groups -OCH3 is 1. The average molecular weight is 587 g/mol. The van der Waals surface area contributed by atoms with E-state index in [1.54, 1.807) is 35.9 Å². The zero-order valence-corrected chi connectivity index (χ0v) is 23.0. The molecule has 2 amide bonds. The molecule has 0 aliphatic carbocycles. The summed E-state index contributed by atoms with van der Waals surface area (Å²) in [7, 11) is 3.71. The summed E-state index contributed by atoms with van der Waals surface area (Å²) in [5.41, 5.74) is 9.04. The third-order valence-electron chi connectivity index (χ3n) is 7.19. The maximum absolute atomic E-state index is 14.1. The molecule has 0 unspecified atom stereocenters. The molecular formula is C28H30F4N8O2. The first kappa shape index (κ1) is 29.2. The fraction of sp³-hybridized carbons (Fsp3) is 0.321. The molecule has 222 valence electrons. The van der Waals surface area contributed by atoms with E-state index in [-0.39, 0.29) is 0 Å². The summed E-state index contributed by atoms with van der Waals surface area (Å²) in [5, 5.41) is 9.16. The molecule has 2 aromatic carbocycles. The summed E-state index contributed by atoms with van der Waals surface area (Å²) in [6.07, 6.45) is -3.27. The number of urea groups is 1. The number of hydrogen-bond donors (Lipinski definition) is 3. The van der Waals surface area contributed by atoms with E-state index in [1.807, 2.05) is 0 Å². The molecule has 0 saturated carbocycles. The molecule has 1 fully saturated rings. The van der Waals surface area contributed by atoms with Crippen molar-refractivity contribution in [3.8, 4) is 11.1 Å². The van der Waals surface area contributed by atoms with Crippen molar-refractivity contribution in [1.82, 2.24) is 24.4 Å². The van der Waals surface area contributed by atoms with Crippen LogP contribution in [0.2, 0.25) is 0 Å². The van der Waals surface area contributed by atoms with Gasteiger partial charge >= 0.3 is 12.2 Å². The van der Waals surface area contributed by atoms with E-state index < -0.39 is 29.3 Å². The van der Waals surface area contributed by atoms with Gasteiger partial charge in [0, 0.05) is 56.6 Å². The second-order valence-corrected chi connectivity index (χ2v) is 10.1. The topological polar surface area (TPSA) is 113 Å². The van der Waals surface area contributed by atoms with Crippen LogP contribution in [0, 0.1) is 5.82 Å². The third kappa shape index (κ3) is 6.15. The number of hydrogen-bond acceptors (Lipinski definition) is 7. The van der Waals surface area contributed by atoms with Gasteiger partial charge < -0.3 is 26.0 Å². The lowest BCUT2D eigenvalue weighted by Gasteiger charge is -2.32. The number of nitrogen functional groups attached to an aromatic ring is 1. The van der Waals surface area contributed by atoms with E-state index in [4.69, 9.17) is 10.5 Å². The molecule has 0 atom stereocenters. The summed E-state index contributed by atoms with van der Waals surface area (Å²) in [4.78, 5) is 21.3. The number of rotatable bonds is 7. The zero-order chi connectivity index (χ0) is 30.0. The van der Waals surface area contributed by atoms with Crippen LogP contribution in [0.15, 0.2) is 48.8 Å². The van der Waals surface area contributed by atoms with E-state index in [0.717, 1.165) is 48.6 Å². The number of anilines is 3. The molecule has 4 aromatic rings. The minimum atomic E-state index is -4.68. The summed E-state index contributed by atoms with van der Waals surface area (Å²) < 4.78 is 60.5. The summed E-state index contributed by atoms with van der Waals surface area (Å²) >= 11 is 0. The lowest BCUT2D eigenvalue weighted by molar-refractivity contribution is -0.137. The number of nitrogens with two attached hydrogens (primary N) is 1. The molecule has 42 heavy (non-hydrogen) atoms. The highest BCUT2D eigenvalue weighted by atomic mass is 19.4. The fourth-order valence-electron chi connectivity index (χ4n) is 5.01. The number of fused-ring (bicyclic) bond motifs is 1. The first-order valence-electron chi connectivity index (χ1n) is 13.1. The van der Waals surface area contributed by atoms with Gasteiger partial charge in [-0.15, -0.1) is 0 Å². The van der Waals surface area contributed by atoms with E-state index in [9.17, 15) is 22.4 Å². The Morgan fingerprint density at radius 1 is 1.07 bits per heavy atom. The molecule has 2 aromatic heterocycles. The van der Waals surface area contributed by atoms with Gasteiger partial charge in [-0.25, -0.2) is 18.7 Å². The molecule has 0 bridgehead atoms. The normalized spacial score (nSPS) is 14.8. The number of likely N-dealkylation sites (N-methyl/N-ethyl adjacent to an activating group) is 1. The van der Waals surface area contributed by atoms with Crippen LogP contribution in [0.3, 0.4) is 0 Å². The number of halogens is 4. The van der Waals surface area contributed by atoms with Crippen molar-refractivity contribution in [2.24, 2.45) is 0 Å². The monoisotopic (exact) mass is 586 g/mol. The van der Waals surface area contributed by atoms with Gasteiger partial charge in [0.15, 0.2) is 5.82 Å². The minimum Gasteiger partial charge on any atom is -0.382 e. The maximum Gasteiger partial charge on any atom is 0.416 e. The van der Waals surface area contributed by atoms with E-state index in [1.165, 1.54) is 6.33 Å².